The van der Waals surface area contributed by atoms with Gasteiger partial charge in [-0.3, -0.25) is 4.79 Å². The number of halogens is 3. The minimum absolute atomic E-state index is 0.175. The Morgan fingerprint density at radius 1 is 1.35 bits per heavy atom. The van der Waals surface area contributed by atoms with Gasteiger partial charge < -0.3 is 15.4 Å². The SMILES string of the molecule is O=C(CC1CNCCO1)Nc1ccc(C(F)(F)F)cc1. The number of hydrogen-bond acceptors (Lipinski definition) is 3. The fourth-order valence-corrected chi connectivity index (χ4v) is 1.91. The van der Waals surface area contributed by atoms with Crippen molar-refractivity contribution in [3.63, 3.8) is 0 Å². The Morgan fingerprint density at radius 2 is 2.05 bits per heavy atom. The van der Waals surface area contributed by atoms with Crippen molar-refractivity contribution >= 4 is 11.6 Å². The summed E-state index contributed by atoms with van der Waals surface area (Å²) in [4.78, 5) is 11.7. The van der Waals surface area contributed by atoms with Gasteiger partial charge in [-0.05, 0) is 24.3 Å². The van der Waals surface area contributed by atoms with E-state index < -0.39 is 11.7 Å². The zero-order chi connectivity index (χ0) is 14.6. The van der Waals surface area contributed by atoms with Crippen LogP contribution in [0.1, 0.15) is 12.0 Å². The van der Waals surface area contributed by atoms with Gasteiger partial charge in [-0.2, -0.15) is 13.2 Å². The molecule has 0 aliphatic carbocycles. The van der Waals surface area contributed by atoms with E-state index in [1.54, 1.807) is 0 Å². The first-order valence-corrected chi connectivity index (χ1v) is 6.24. The first-order valence-electron chi connectivity index (χ1n) is 6.24. The number of carbonyl (C=O) groups is 1. The maximum absolute atomic E-state index is 12.4. The van der Waals surface area contributed by atoms with E-state index in [9.17, 15) is 18.0 Å². The van der Waals surface area contributed by atoms with Crippen LogP contribution in [-0.4, -0.2) is 31.7 Å². The Labute approximate surface area is 114 Å². The Morgan fingerprint density at radius 3 is 2.60 bits per heavy atom. The van der Waals surface area contributed by atoms with Crippen molar-refractivity contribution in [1.29, 1.82) is 0 Å². The normalized spacial score (nSPS) is 19.6. The lowest BCUT2D eigenvalue weighted by Gasteiger charge is -2.23. The number of benzene rings is 1. The molecule has 1 aliphatic rings. The van der Waals surface area contributed by atoms with Crippen LogP contribution in [0.3, 0.4) is 0 Å². The third kappa shape index (κ3) is 4.21. The third-order valence-corrected chi connectivity index (χ3v) is 2.91. The predicted molar refractivity (Wildman–Crippen MR) is 67.3 cm³/mol. The first kappa shape index (κ1) is 14.8. The zero-order valence-corrected chi connectivity index (χ0v) is 10.7. The number of nitrogens with one attached hydrogen (secondary N) is 2. The minimum atomic E-state index is -4.37. The van der Waals surface area contributed by atoms with E-state index in [0.29, 0.717) is 18.8 Å². The summed E-state index contributed by atoms with van der Waals surface area (Å²) in [7, 11) is 0. The summed E-state index contributed by atoms with van der Waals surface area (Å²) in [6, 6.07) is 4.35. The summed E-state index contributed by atoms with van der Waals surface area (Å²) in [6.45, 7) is 1.91. The van der Waals surface area contributed by atoms with Crippen LogP contribution in [0.25, 0.3) is 0 Å². The average Bonchev–Trinajstić information content (AvgIpc) is 2.39. The standard InChI is InChI=1S/C13H15F3N2O2/c14-13(15,16)9-1-3-10(4-2-9)18-12(19)7-11-8-17-5-6-20-11/h1-4,11,17H,5-8H2,(H,18,19). The van der Waals surface area contributed by atoms with Crippen molar-refractivity contribution < 1.29 is 22.7 Å². The molecule has 7 heteroatoms. The van der Waals surface area contributed by atoms with Crippen molar-refractivity contribution in [2.45, 2.75) is 18.7 Å². The zero-order valence-electron chi connectivity index (χ0n) is 10.7. The van der Waals surface area contributed by atoms with Gasteiger partial charge in [0.05, 0.1) is 24.7 Å². The third-order valence-electron chi connectivity index (χ3n) is 2.91. The topological polar surface area (TPSA) is 50.4 Å². The van der Waals surface area contributed by atoms with Crippen LogP contribution in [-0.2, 0) is 15.7 Å². The number of anilines is 1. The second-order valence-electron chi connectivity index (χ2n) is 4.52. The molecule has 0 radical (unpaired) electrons. The predicted octanol–water partition coefficient (Wildman–Crippen LogP) is 2.02. The second kappa shape index (κ2) is 6.23. The summed E-state index contributed by atoms with van der Waals surface area (Å²) in [5, 5.41) is 5.65. The molecule has 110 valence electrons. The minimum Gasteiger partial charge on any atom is -0.375 e. The lowest BCUT2D eigenvalue weighted by Crippen LogP contribution is -2.40. The van der Waals surface area contributed by atoms with Gasteiger partial charge in [0.15, 0.2) is 0 Å². The molecular formula is C13H15F3N2O2. The summed E-state index contributed by atoms with van der Waals surface area (Å²) in [5.41, 5.74) is -0.401. The average molecular weight is 288 g/mol. The smallest absolute Gasteiger partial charge is 0.375 e. The number of hydrogen-bond donors (Lipinski definition) is 2. The molecule has 1 aliphatic heterocycles. The number of alkyl halides is 3. The molecule has 2 N–H and O–H groups in total. The fraction of sp³-hybridized carbons (Fsp3) is 0.462. The largest absolute Gasteiger partial charge is 0.416 e. The second-order valence-corrected chi connectivity index (χ2v) is 4.52. The van der Waals surface area contributed by atoms with E-state index in [1.807, 2.05) is 0 Å². The van der Waals surface area contributed by atoms with Crippen LogP contribution in [0.2, 0.25) is 0 Å². The van der Waals surface area contributed by atoms with Crippen molar-refractivity contribution in [2.24, 2.45) is 0 Å². The number of amides is 1. The lowest BCUT2D eigenvalue weighted by atomic mass is 10.2. The fourth-order valence-electron chi connectivity index (χ4n) is 1.91. The Hall–Kier alpha value is -1.60. The maximum Gasteiger partial charge on any atom is 0.416 e. The van der Waals surface area contributed by atoms with Crippen LogP contribution in [0.4, 0.5) is 18.9 Å². The van der Waals surface area contributed by atoms with E-state index >= 15 is 0 Å². The van der Waals surface area contributed by atoms with Crippen molar-refractivity contribution in [3.05, 3.63) is 29.8 Å². The molecule has 2 rings (SSSR count). The molecule has 1 heterocycles. The number of ether oxygens (including phenoxy) is 1. The van der Waals surface area contributed by atoms with Crippen molar-refractivity contribution in [1.82, 2.24) is 5.32 Å². The molecule has 1 atom stereocenters. The highest BCUT2D eigenvalue weighted by atomic mass is 19.4. The van der Waals surface area contributed by atoms with Gasteiger partial charge in [0.25, 0.3) is 0 Å². The summed E-state index contributed by atoms with van der Waals surface area (Å²) < 4.78 is 42.5. The molecule has 0 saturated carbocycles. The van der Waals surface area contributed by atoms with Crippen LogP contribution < -0.4 is 10.6 Å². The van der Waals surface area contributed by atoms with E-state index in [4.69, 9.17) is 4.74 Å². The van der Waals surface area contributed by atoms with E-state index in [1.165, 1.54) is 12.1 Å². The molecule has 20 heavy (non-hydrogen) atoms. The molecule has 0 aromatic heterocycles. The van der Waals surface area contributed by atoms with Crippen LogP contribution >= 0.6 is 0 Å². The number of carbonyl (C=O) groups excluding carboxylic acids is 1. The highest BCUT2D eigenvalue weighted by Crippen LogP contribution is 2.29. The molecule has 1 fully saturated rings. The molecule has 1 saturated heterocycles. The highest BCUT2D eigenvalue weighted by Gasteiger charge is 2.30. The monoisotopic (exact) mass is 288 g/mol. The molecule has 1 amide bonds. The van der Waals surface area contributed by atoms with Gasteiger partial charge in [-0.25, -0.2) is 0 Å². The van der Waals surface area contributed by atoms with Gasteiger partial charge in [-0.15, -0.1) is 0 Å². The van der Waals surface area contributed by atoms with E-state index in [-0.39, 0.29) is 18.4 Å². The molecule has 1 unspecified atom stereocenters. The number of rotatable bonds is 3. The Bertz CT molecular complexity index is 454. The lowest BCUT2D eigenvalue weighted by molar-refractivity contribution is -0.137. The molecular weight excluding hydrogens is 273 g/mol. The molecule has 0 spiro atoms. The van der Waals surface area contributed by atoms with Crippen LogP contribution in [0, 0.1) is 0 Å². The van der Waals surface area contributed by atoms with E-state index in [0.717, 1.165) is 18.7 Å². The number of morpholine rings is 1. The van der Waals surface area contributed by atoms with Gasteiger partial charge >= 0.3 is 6.18 Å². The van der Waals surface area contributed by atoms with Gasteiger partial charge in [-0.1, -0.05) is 0 Å². The summed E-state index contributed by atoms with van der Waals surface area (Å²) >= 11 is 0. The molecule has 0 bridgehead atoms. The first-order chi connectivity index (χ1) is 9.45. The Kier molecular flexibility index (Phi) is 4.61. The Balaban J connectivity index is 1.87. The summed E-state index contributed by atoms with van der Waals surface area (Å²) in [6.07, 6.45) is -4.39. The van der Waals surface area contributed by atoms with Gasteiger partial charge in [0, 0.05) is 18.8 Å². The molecule has 1 aromatic rings. The van der Waals surface area contributed by atoms with Gasteiger partial charge in [0.2, 0.25) is 5.91 Å². The maximum atomic E-state index is 12.4. The van der Waals surface area contributed by atoms with Crippen LogP contribution in [0.15, 0.2) is 24.3 Å². The van der Waals surface area contributed by atoms with Crippen molar-refractivity contribution in [2.75, 3.05) is 25.0 Å². The van der Waals surface area contributed by atoms with Gasteiger partial charge in [0.1, 0.15) is 0 Å². The van der Waals surface area contributed by atoms with Crippen LogP contribution in [0.5, 0.6) is 0 Å². The highest BCUT2D eigenvalue weighted by molar-refractivity contribution is 5.91. The van der Waals surface area contributed by atoms with E-state index in [2.05, 4.69) is 10.6 Å². The summed E-state index contributed by atoms with van der Waals surface area (Å²) in [5.74, 6) is -0.279. The molecule has 1 aromatic carbocycles. The quantitative estimate of drug-likeness (QED) is 0.894. The molecule has 4 nitrogen and oxygen atoms in total. The van der Waals surface area contributed by atoms with Crippen molar-refractivity contribution in [3.8, 4) is 0 Å².